The van der Waals surface area contributed by atoms with Gasteiger partial charge in [0.15, 0.2) is 0 Å². The average Bonchev–Trinajstić information content (AvgIpc) is 2.26. The first kappa shape index (κ1) is 10.5. The molecule has 0 aromatic heterocycles. The lowest BCUT2D eigenvalue weighted by molar-refractivity contribution is -0.130. The number of anilines is 2. The Kier molecular flexibility index (Phi) is 2.55. The minimum absolute atomic E-state index is 0.299. The van der Waals surface area contributed by atoms with Crippen molar-refractivity contribution in [2.75, 3.05) is 16.8 Å². The van der Waals surface area contributed by atoms with Crippen LogP contribution in [0.15, 0.2) is 24.3 Å². The highest BCUT2D eigenvalue weighted by atomic mass is 19.3. The van der Waals surface area contributed by atoms with E-state index >= 15 is 0 Å². The maximum atomic E-state index is 12.3. The average molecular weight is 226 g/mol. The van der Waals surface area contributed by atoms with Crippen LogP contribution >= 0.6 is 0 Å². The largest absolute Gasteiger partial charge is 0.323 e. The maximum Gasteiger partial charge on any atom is 0.316 e. The Morgan fingerprint density at radius 1 is 1.38 bits per heavy atom. The van der Waals surface area contributed by atoms with Gasteiger partial charge in [0.25, 0.3) is 5.91 Å². The number of rotatable bonds is 1. The Morgan fingerprint density at radius 3 is 2.75 bits per heavy atom. The highest BCUT2D eigenvalue weighted by molar-refractivity contribution is 6.10. The number of nitrogens with one attached hydrogen (secondary N) is 1. The minimum Gasteiger partial charge on any atom is -0.323 e. The molecular formula is C10H8F2N2O2. The SMILES string of the molecule is O=C1CN(C(=O)C(F)F)c2ccccc2N1. The van der Waals surface area contributed by atoms with E-state index in [-0.39, 0.29) is 6.54 Å². The zero-order valence-electron chi connectivity index (χ0n) is 8.11. The number of hydrogen-bond donors (Lipinski definition) is 1. The molecule has 1 heterocycles. The number of carbonyl (C=O) groups excluding carboxylic acids is 2. The zero-order chi connectivity index (χ0) is 11.7. The summed E-state index contributed by atoms with van der Waals surface area (Å²) in [5, 5.41) is 2.51. The molecule has 0 unspecified atom stereocenters. The number of hydrogen-bond acceptors (Lipinski definition) is 2. The monoisotopic (exact) mass is 226 g/mol. The molecule has 0 bridgehead atoms. The van der Waals surface area contributed by atoms with Gasteiger partial charge < -0.3 is 5.32 Å². The van der Waals surface area contributed by atoms with Crippen LogP contribution in [-0.2, 0) is 9.59 Å². The molecule has 16 heavy (non-hydrogen) atoms. The van der Waals surface area contributed by atoms with Gasteiger partial charge in [-0.1, -0.05) is 12.1 Å². The van der Waals surface area contributed by atoms with Gasteiger partial charge in [-0.15, -0.1) is 0 Å². The Morgan fingerprint density at radius 2 is 2.06 bits per heavy atom. The van der Waals surface area contributed by atoms with E-state index in [1.807, 2.05) is 0 Å². The van der Waals surface area contributed by atoms with Crippen molar-refractivity contribution in [3.63, 3.8) is 0 Å². The van der Waals surface area contributed by atoms with Crippen molar-refractivity contribution >= 4 is 23.2 Å². The van der Waals surface area contributed by atoms with Crippen LogP contribution in [0.3, 0.4) is 0 Å². The van der Waals surface area contributed by atoms with E-state index in [2.05, 4.69) is 5.32 Å². The van der Waals surface area contributed by atoms with E-state index < -0.39 is 18.2 Å². The van der Waals surface area contributed by atoms with E-state index in [4.69, 9.17) is 0 Å². The molecule has 6 heteroatoms. The molecule has 1 aromatic rings. The topological polar surface area (TPSA) is 49.4 Å². The summed E-state index contributed by atoms with van der Waals surface area (Å²) in [6.07, 6.45) is -3.11. The number of halogens is 2. The van der Waals surface area contributed by atoms with E-state index in [0.717, 1.165) is 4.90 Å². The van der Waals surface area contributed by atoms with Gasteiger partial charge >= 0.3 is 6.43 Å². The predicted molar refractivity (Wildman–Crippen MR) is 53.4 cm³/mol. The molecular weight excluding hydrogens is 218 g/mol. The molecule has 1 aromatic carbocycles. The molecule has 2 rings (SSSR count). The second-order valence-electron chi connectivity index (χ2n) is 3.29. The van der Waals surface area contributed by atoms with Gasteiger partial charge in [0.05, 0.1) is 11.4 Å². The summed E-state index contributed by atoms with van der Waals surface area (Å²) in [6, 6.07) is 6.32. The summed E-state index contributed by atoms with van der Waals surface area (Å²) >= 11 is 0. The van der Waals surface area contributed by atoms with E-state index in [1.165, 1.54) is 6.07 Å². The van der Waals surface area contributed by atoms with Gasteiger partial charge in [0.2, 0.25) is 5.91 Å². The molecule has 0 fully saturated rings. The maximum absolute atomic E-state index is 12.3. The quantitative estimate of drug-likeness (QED) is 0.783. The first-order valence-corrected chi connectivity index (χ1v) is 4.58. The summed E-state index contributed by atoms with van der Waals surface area (Å²) in [7, 11) is 0. The van der Waals surface area contributed by atoms with Gasteiger partial charge in [-0.2, -0.15) is 8.78 Å². The van der Waals surface area contributed by atoms with Crippen LogP contribution in [0.1, 0.15) is 0 Å². The van der Waals surface area contributed by atoms with Gasteiger partial charge in [-0.05, 0) is 12.1 Å². The third-order valence-electron chi connectivity index (χ3n) is 2.22. The fourth-order valence-corrected chi connectivity index (χ4v) is 1.55. The van der Waals surface area contributed by atoms with Crippen molar-refractivity contribution in [1.29, 1.82) is 0 Å². The van der Waals surface area contributed by atoms with Crippen molar-refractivity contribution < 1.29 is 18.4 Å². The molecule has 1 aliphatic rings. The molecule has 0 saturated carbocycles. The molecule has 0 atom stereocenters. The highest BCUT2D eigenvalue weighted by Crippen LogP contribution is 2.29. The van der Waals surface area contributed by atoms with Crippen molar-refractivity contribution in [3.05, 3.63) is 24.3 Å². The van der Waals surface area contributed by atoms with Crippen molar-refractivity contribution in [1.82, 2.24) is 0 Å². The van der Waals surface area contributed by atoms with Crippen molar-refractivity contribution in [2.45, 2.75) is 6.43 Å². The number of nitrogens with zero attached hydrogens (tertiary/aromatic N) is 1. The second kappa shape index (κ2) is 3.88. The smallest absolute Gasteiger partial charge is 0.316 e. The number of carbonyl (C=O) groups is 2. The lowest BCUT2D eigenvalue weighted by atomic mass is 10.2. The standard InChI is InChI=1S/C10H8F2N2O2/c11-9(12)10(16)14-5-8(15)13-6-3-1-2-4-7(6)14/h1-4,9H,5H2,(H,13,15). The summed E-state index contributed by atoms with van der Waals surface area (Å²) in [4.78, 5) is 23.2. The van der Waals surface area contributed by atoms with Crippen LogP contribution in [0.4, 0.5) is 20.2 Å². The Balaban J connectivity index is 2.41. The molecule has 1 aliphatic heterocycles. The van der Waals surface area contributed by atoms with Gasteiger partial charge in [0.1, 0.15) is 6.54 Å². The number of benzene rings is 1. The van der Waals surface area contributed by atoms with Crippen molar-refractivity contribution in [3.8, 4) is 0 Å². The Bertz CT molecular complexity index is 448. The first-order valence-electron chi connectivity index (χ1n) is 4.58. The van der Waals surface area contributed by atoms with Crippen LogP contribution in [0.2, 0.25) is 0 Å². The van der Waals surface area contributed by atoms with E-state index in [0.29, 0.717) is 11.4 Å². The van der Waals surface area contributed by atoms with Gasteiger partial charge in [0, 0.05) is 0 Å². The van der Waals surface area contributed by atoms with Crippen LogP contribution in [-0.4, -0.2) is 24.8 Å². The summed E-state index contributed by atoms with van der Waals surface area (Å²) in [5.74, 6) is -1.84. The lowest BCUT2D eigenvalue weighted by Gasteiger charge is -2.28. The van der Waals surface area contributed by atoms with Crippen LogP contribution < -0.4 is 10.2 Å². The fraction of sp³-hybridized carbons (Fsp3) is 0.200. The Labute approximate surface area is 89.8 Å². The lowest BCUT2D eigenvalue weighted by Crippen LogP contribution is -2.44. The van der Waals surface area contributed by atoms with E-state index in [9.17, 15) is 18.4 Å². The number of fused-ring (bicyclic) bond motifs is 1. The number of alkyl halides is 2. The molecule has 0 saturated heterocycles. The summed E-state index contributed by atoms with van der Waals surface area (Å²) < 4.78 is 24.6. The second-order valence-corrected chi connectivity index (χ2v) is 3.29. The molecule has 2 amide bonds. The normalized spacial score (nSPS) is 14.7. The zero-order valence-corrected chi connectivity index (χ0v) is 8.11. The van der Waals surface area contributed by atoms with Crippen LogP contribution in [0, 0.1) is 0 Å². The number of amides is 2. The molecule has 0 spiro atoms. The third-order valence-corrected chi connectivity index (χ3v) is 2.22. The molecule has 84 valence electrons. The predicted octanol–water partition coefficient (Wildman–Crippen LogP) is 1.24. The molecule has 0 radical (unpaired) electrons. The van der Waals surface area contributed by atoms with Crippen LogP contribution in [0.5, 0.6) is 0 Å². The summed E-state index contributed by atoms with van der Waals surface area (Å²) in [5.41, 5.74) is 0.667. The van der Waals surface area contributed by atoms with E-state index in [1.54, 1.807) is 18.2 Å². The third kappa shape index (κ3) is 1.73. The Hall–Kier alpha value is -1.98. The van der Waals surface area contributed by atoms with Crippen LogP contribution in [0.25, 0.3) is 0 Å². The molecule has 1 N–H and O–H groups in total. The first-order chi connectivity index (χ1) is 7.59. The fourth-order valence-electron chi connectivity index (χ4n) is 1.55. The molecule has 4 nitrogen and oxygen atoms in total. The van der Waals surface area contributed by atoms with Crippen molar-refractivity contribution in [2.24, 2.45) is 0 Å². The minimum atomic E-state index is -3.11. The summed E-state index contributed by atoms with van der Waals surface area (Å²) in [6.45, 7) is -0.375. The molecule has 0 aliphatic carbocycles. The number of para-hydroxylation sites is 2. The van der Waals surface area contributed by atoms with Gasteiger partial charge in [-0.3, -0.25) is 14.5 Å². The van der Waals surface area contributed by atoms with Gasteiger partial charge in [-0.25, -0.2) is 0 Å². The highest BCUT2D eigenvalue weighted by Gasteiger charge is 2.31.